The second-order valence-corrected chi connectivity index (χ2v) is 5.95. The molecule has 2 aromatic rings. The van der Waals surface area contributed by atoms with E-state index in [0.717, 1.165) is 23.5 Å². The predicted molar refractivity (Wildman–Crippen MR) is 83.4 cm³/mol. The molecule has 3 rings (SSSR count). The molecular weight excluding hydrogens is 266 g/mol. The van der Waals surface area contributed by atoms with E-state index >= 15 is 0 Å². The maximum Gasteiger partial charge on any atom is 0.295 e. The standard InChI is InChI=1S/C16H19N3O2/c1-11-4-5-12(9-11)10-18-14-6-7-15(19(20)21)16-13(14)3-2-8-17-16/h2-3,6-8,11-12,18H,4-5,9-10H2,1H3. The van der Waals surface area contributed by atoms with Crippen LogP contribution in [0.15, 0.2) is 30.5 Å². The summed E-state index contributed by atoms with van der Waals surface area (Å²) in [5.41, 5.74) is 1.45. The lowest BCUT2D eigenvalue weighted by atomic mass is 10.1. The third-order valence-electron chi connectivity index (χ3n) is 4.33. The van der Waals surface area contributed by atoms with Crippen LogP contribution < -0.4 is 5.32 Å². The molecule has 2 atom stereocenters. The molecule has 0 radical (unpaired) electrons. The van der Waals surface area contributed by atoms with Gasteiger partial charge in [-0.15, -0.1) is 0 Å². The van der Waals surface area contributed by atoms with Crippen LogP contribution in [0.25, 0.3) is 10.9 Å². The summed E-state index contributed by atoms with van der Waals surface area (Å²) in [6, 6.07) is 7.03. The van der Waals surface area contributed by atoms with Crippen molar-refractivity contribution in [3.05, 3.63) is 40.6 Å². The molecule has 1 fully saturated rings. The summed E-state index contributed by atoms with van der Waals surface area (Å²) in [7, 11) is 0. The predicted octanol–water partition coefficient (Wildman–Crippen LogP) is 3.99. The minimum absolute atomic E-state index is 0.0608. The van der Waals surface area contributed by atoms with E-state index in [1.807, 2.05) is 12.1 Å². The largest absolute Gasteiger partial charge is 0.384 e. The normalized spacial score (nSPS) is 21.6. The first kappa shape index (κ1) is 13.8. The topological polar surface area (TPSA) is 68.1 Å². The molecule has 1 heterocycles. The molecule has 0 spiro atoms. The fourth-order valence-corrected chi connectivity index (χ4v) is 3.22. The summed E-state index contributed by atoms with van der Waals surface area (Å²) < 4.78 is 0. The van der Waals surface area contributed by atoms with Crippen molar-refractivity contribution in [2.24, 2.45) is 11.8 Å². The number of nitrogens with one attached hydrogen (secondary N) is 1. The summed E-state index contributed by atoms with van der Waals surface area (Å²) in [6.07, 6.45) is 5.42. The monoisotopic (exact) mass is 285 g/mol. The SMILES string of the molecule is CC1CCC(CNc2ccc([N+](=O)[O-])c3ncccc23)C1. The first-order valence-electron chi connectivity index (χ1n) is 7.41. The molecule has 0 amide bonds. The number of anilines is 1. The zero-order valence-electron chi connectivity index (χ0n) is 12.1. The molecule has 1 aromatic heterocycles. The highest BCUT2D eigenvalue weighted by molar-refractivity contribution is 5.96. The highest BCUT2D eigenvalue weighted by Crippen LogP contribution is 2.33. The summed E-state index contributed by atoms with van der Waals surface area (Å²) in [6.45, 7) is 3.22. The Balaban J connectivity index is 1.86. The highest BCUT2D eigenvalue weighted by atomic mass is 16.6. The molecule has 0 saturated heterocycles. The summed E-state index contributed by atoms with van der Waals surface area (Å²) in [5.74, 6) is 1.51. The number of nitrogens with zero attached hydrogens (tertiary/aromatic N) is 2. The molecule has 1 aliphatic rings. The summed E-state index contributed by atoms with van der Waals surface area (Å²) in [5, 5.41) is 15.3. The van der Waals surface area contributed by atoms with Gasteiger partial charge in [-0.25, -0.2) is 4.98 Å². The molecule has 1 saturated carbocycles. The average molecular weight is 285 g/mol. The van der Waals surface area contributed by atoms with E-state index in [9.17, 15) is 10.1 Å². The van der Waals surface area contributed by atoms with Crippen LogP contribution in [0.1, 0.15) is 26.2 Å². The van der Waals surface area contributed by atoms with Gasteiger partial charge >= 0.3 is 0 Å². The van der Waals surface area contributed by atoms with Crippen LogP contribution in [0.5, 0.6) is 0 Å². The van der Waals surface area contributed by atoms with Crippen LogP contribution >= 0.6 is 0 Å². The van der Waals surface area contributed by atoms with Gasteiger partial charge in [0.25, 0.3) is 5.69 Å². The average Bonchev–Trinajstić information content (AvgIpc) is 2.90. The zero-order valence-corrected chi connectivity index (χ0v) is 12.1. The summed E-state index contributed by atoms with van der Waals surface area (Å²) >= 11 is 0. The van der Waals surface area contributed by atoms with Crippen molar-refractivity contribution in [1.29, 1.82) is 0 Å². The highest BCUT2D eigenvalue weighted by Gasteiger charge is 2.21. The molecule has 1 aliphatic carbocycles. The fourth-order valence-electron chi connectivity index (χ4n) is 3.22. The molecule has 1 N–H and O–H groups in total. The first-order chi connectivity index (χ1) is 10.1. The number of rotatable bonds is 4. The van der Waals surface area contributed by atoms with Gasteiger partial charge in [-0.05, 0) is 42.9 Å². The number of pyridine rings is 1. The molecule has 5 heteroatoms. The number of nitro groups is 1. The smallest absolute Gasteiger partial charge is 0.295 e. The Kier molecular flexibility index (Phi) is 3.73. The quantitative estimate of drug-likeness (QED) is 0.681. The Hall–Kier alpha value is -2.17. The second-order valence-electron chi connectivity index (χ2n) is 5.95. The molecule has 0 aliphatic heterocycles. The van der Waals surface area contributed by atoms with E-state index in [1.165, 1.54) is 25.3 Å². The fraction of sp³-hybridized carbons (Fsp3) is 0.438. The first-order valence-corrected chi connectivity index (χ1v) is 7.41. The maximum absolute atomic E-state index is 11.1. The molecule has 110 valence electrons. The van der Waals surface area contributed by atoms with Crippen molar-refractivity contribution < 1.29 is 4.92 Å². The molecule has 2 unspecified atom stereocenters. The van der Waals surface area contributed by atoms with Crippen LogP contribution in [0, 0.1) is 22.0 Å². The number of nitro benzene ring substituents is 1. The van der Waals surface area contributed by atoms with E-state index in [4.69, 9.17) is 0 Å². The van der Waals surface area contributed by atoms with Crippen LogP contribution in [-0.4, -0.2) is 16.5 Å². The van der Waals surface area contributed by atoms with E-state index in [2.05, 4.69) is 17.2 Å². The Bertz CT molecular complexity index is 672. The molecule has 0 bridgehead atoms. The number of hydrogen-bond acceptors (Lipinski definition) is 4. The van der Waals surface area contributed by atoms with E-state index < -0.39 is 0 Å². The van der Waals surface area contributed by atoms with Crippen LogP contribution in [0.4, 0.5) is 11.4 Å². The molecule has 5 nitrogen and oxygen atoms in total. The Morgan fingerprint density at radius 2 is 2.24 bits per heavy atom. The molecule has 1 aromatic carbocycles. The number of non-ortho nitro benzene ring substituents is 1. The zero-order chi connectivity index (χ0) is 14.8. The minimum Gasteiger partial charge on any atom is -0.384 e. The number of hydrogen-bond donors (Lipinski definition) is 1. The lowest BCUT2D eigenvalue weighted by Crippen LogP contribution is -2.11. The summed E-state index contributed by atoms with van der Waals surface area (Å²) in [4.78, 5) is 14.9. The van der Waals surface area contributed by atoms with Gasteiger partial charge in [0.05, 0.1) is 4.92 Å². The van der Waals surface area contributed by atoms with Gasteiger partial charge in [-0.1, -0.05) is 13.3 Å². The number of benzene rings is 1. The van der Waals surface area contributed by atoms with Gasteiger partial charge in [-0.2, -0.15) is 0 Å². The van der Waals surface area contributed by atoms with Crippen molar-refractivity contribution in [3.8, 4) is 0 Å². The van der Waals surface area contributed by atoms with Gasteiger partial charge in [-0.3, -0.25) is 10.1 Å². The van der Waals surface area contributed by atoms with Crippen molar-refractivity contribution in [3.63, 3.8) is 0 Å². The lowest BCUT2D eigenvalue weighted by molar-refractivity contribution is -0.383. The van der Waals surface area contributed by atoms with Crippen molar-refractivity contribution in [2.45, 2.75) is 26.2 Å². The number of fused-ring (bicyclic) bond motifs is 1. The second kappa shape index (κ2) is 5.68. The third kappa shape index (κ3) is 2.82. The Labute approximate surface area is 123 Å². The van der Waals surface area contributed by atoms with Gasteiger partial charge in [0.1, 0.15) is 5.52 Å². The van der Waals surface area contributed by atoms with E-state index in [0.29, 0.717) is 11.4 Å². The van der Waals surface area contributed by atoms with Crippen molar-refractivity contribution in [2.75, 3.05) is 11.9 Å². The minimum atomic E-state index is -0.377. The van der Waals surface area contributed by atoms with Crippen LogP contribution in [0.2, 0.25) is 0 Å². The van der Waals surface area contributed by atoms with E-state index in [1.54, 1.807) is 12.3 Å². The Morgan fingerprint density at radius 3 is 2.95 bits per heavy atom. The van der Waals surface area contributed by atoms with Crippen molar-refractivity contribution in [1.82, 2.24) is 4.98 Å². The van der Waals surface area contributed by atoms with Crippen LogP contribution in [-0.2, 0) is 0 Å². The van der Waals surface area contributed by atoms with Gasteiger partial charge < -0.3 is 5.32 Å². The van der Waals surface area contributed by atoms with Crippen molar-refractivity contribution >= 4 is 22.3 Å². The maximum atomic E-state index is 11.1. The van der Waals surface area contributed by atoms with Gasteiger partial charge in [0.2, 0.25) is 0 Å². The number of aromatic nitrogens is 1. The lowest BCUT2D eigenvalue weighted by Gasteiger charge is -2.14. The Morgan fingerprint density at radius 1 is 1.38 bits per heavy atom. The van der Waals surface area contributed by atoms with E-state index in [-0.39, 0.29) is 10.6 Å². The third-order valence-corrected chi connectivity index (χ3v) is 4.33. The molecular formula is C16H19N3O2. The molecule has 21 heavy (non-hydrogen) atoms. The van der Waals surface area contributed by atoms with Gasteiger partial charge in [0.15, 0.2) is 0 Å². The van der Waals surface area contributed by atoms with Gasteiger partial charge in [0, 0.05) is 29.9 Å². The van der Waals surface area contributed by atoms with Crippen LogP contribution in [0.3, 0.4) is 0 Å².